The summed E-state index contributed by atoms with van der Waals surface area (Å²) in [6.07, 6.45) is 0.259. The van der Waals surface area contributed by atoms with E-state index in [2.05, 4.69) is 15.3 Å². The van der Waals surface area contributed by atoms with Crippen LogP contribution in [0.4, 0.5) is 34.8 Å². The molecule has 0 spiro atoms. The number of carbonyl (C=O) groups is 1. The summed E-state index contributed by atoms with van der Waals surface area (Å²) in [7, 11) is 0. The van der Waals surface area contributed by atoms with Crippen molar-refractivity contribution >= 4 is 34.3 Å². The van der Waals surface area contributed by atoms with E-state index in [1.807, 2.05) is 4.90 Å². The number of nitrogens with zero attached hydrogens (tertiary/aromatic N) is 4. The first-order valence-electron chi connectivity index (χ1n) is 12.4. The Hall–Kier alpha value is -3.45. The quantitative estimate of drug-likeness (QED) is 0.410. The van der Waals surface area contributed by atoms with Gasteiger partial charge in [0.2, 0.25) is 5.88 Å². The molecule has 2 aliphatic heterocycles. The molecule has 3 atom stereocenters. The highest BCUT2D eigenvalue weighted by molar-refractivity contribution is 6.15. The second-order valence-electron chi connectivity index (χ2n) is 9.95. The van der Waals surface area contributed by atoms with Gasteiger partial charge in [0.15, 0.2) is 5.58 Å². The molecule has 5 N–H and O–H groups in total. The summed E-state index contributed by atoms with van der Waals surface area (Å²) in [5.74, 6) is -2.35. The van der Waals surface area contributed by atoms with Gasteiger partial charge in [-0.15, -0.1) is 0 Å². The predicted molar refractivity (Wildman–Crippen MR) is 135 cm³/mol. The lowest BCUT2D eigenvalue weighted by Gasteiger charge is -2.39. The highest BCUT2D eigenvalue weighted by atomic mass is 19.4. The second kappa shape index (κ2) is 10.4. The van der Waals surface area contributed by atoms with Crippen LogP contribution in [0.5, 0.6) is 0 Å². The number of nitrogens with one attached hydrogen (secondary N) is 1. The molecule has 2 aliphatic rings. The normalized spacial score (nSPS) is 22.8. The van der Waals surface area contributed by atoms with Crippen LogP contribution in [0.3, 0.4) is 0 Å². The summed E-state index contributed by atoms with van der Waals surface area (Å²) < 4.78 is 59.4. The molecular weight excluding hydrogens is 506 g/mol. The number of nitrogens with two attached hydrogens (primary N) is 2. The minimum atomic E-state index is -4.38. The molecule has 3 aromatic rings. The first-order chi connectivity index (χ1) is 18.1. The zero-order valence-electron chi connectivity index (χ0n) is 20.5. The number of furan rings is 1. The third-order valence-electron chi connectivity index (χ3n) is 7.10. The van der Waals surface area contributed by atoms with Gasteiger partial charge in [-0.05, 0) is 37.0 Å². The number of rotatable bonds is 6. The van der Waals surface area contributed by atoms with Gasteiger partial charge < -0.3 is 31.0 Å². The number of alkyl halides is 4. The van der Waals surface area contributed by atoms with Crippen molar-refractivity contribution in [3.8, 4) is 0 Å². The van der Waals surface area contributed by atoms with Gasteiger partial charge in [0, 0.05) is 51.2 Å². The maximum atomic E-state index is 13.5. The molecule has 2 saturated heterocycles. The predicted octanol–water partition coefficient (Wildman–Crippen LogP) is 3.36. The molecule has 0 radical (unpaired) electrons. The van der Waals surface area contributed by atoms with E-state index in [9.17, 15) is 22.4 Å². The third-order valence-corrected chi connectivity index (χ3v) is 7.10. The molecule has 9 nitrogen and oxygen atoms in total. The number of likely N-dealkylation sites (tertiary alicyclic amines) is 1. The number of nitrogen functional groups attached to an aromatic ring is 1. The molecular formula is C25H29F4N7O2. The van der Waals surface area contributed by atoms with Gasteiger partial charge in [0.25, 0.3) is 5.91 Å². The van der Waals surface area contributed by atoms with E-state index in [0.29, 0.717) is 43.7 Å². The first-order valence-corrected chi connectivity index (χ1v) is 12.4. The Morgan fingerprint density at radius 3 is 2.79 bits per heavy atom. The summed E-state index contributed by atoms with van der Waals surface area (Å²) in [5, 5.41) is 2.71. The fourth-order valence-electron chi connectivity index (χ4n) is 5.18. The zero-order chi connectivity index (χ0) is 27.0. The van der Waals surface area contributed by atoms with E-state index in [-0.39, 0.29) is 42.2 Å². The molecule has 38 heavy (non-hydrogen) atoms. The average molecular weight is 536 g/mol. The Morgan fingerprint density at radius 2 is 2.05 bits per heavy atom. The van der Waals surface area contributed by atoms with Crippen LogP contribution in [0.1, 0.15) is 28.8 Å². The van der Waals surface area contributed by atoms with Gasteiger partial charge in [-0.2, -0.15) is 13.2 Å². The molecule has 0 saturated carbocycles. The van der Waals surface area contributed by atoms with Crippen LogP contribution in [0.2, 0.25) is 0 Å². The Morgan fingerprint density at radius 1 is 1.24 bits per heavy atom. The van der Waals surface area contributed by atoms with Crippen molar-refractivity contribution in [2.75, 3.05) is 48.7 Å². The molecule has 204 valence electrons. The summed E-state index contributed by atoms with van der Waals surface area (Å²) in [6.45, 7) is 1.73. The van der Waals surface area contributed by atoms with Gasteiger partial charge in [0.1, 0.15) is 17.3 Å². The number of anilines is 3. The SMILES string of the molecule is Nc1oc2cc(CCN3CCC(F)C3)cnc2c1C(=O)Nc1cnccc1N1CC(N)CC(C(F)(F)F)C1. The number of piperidine rings is 1. The van der Waals surface area contributed by atoms with Gasteiger partial charge in [-0.1, -0.05) is 0 Å². The summed E-state index contributed by atoms with van der Waals surface area (Å²) in [5.41, 5.74) is 14.0. The van der Waals surface area contributed by atoms with E-state index in [1.165, 1.54) is 23.4 Å². The maximum absolute atomic E-state index is 13.5. The van der Waals surface area contributed by atoms with Crippen LogP contribution in [0.25, 0.3) is 11.1 Å². The monoisotopic (exact) mass is 535 g/mol. The largest absolute Gasteiger partial charge is 0.438 e. The number of carbonyl (C=O) groups excluding carboxylic acids is 1. The highest BCUT2D eigenvalue weighted by Gasteiger charge is 2.44. The zero-order valence-corrected chi connectivity index (χ0v) is 20.5. The van der Waals surface area contributed by atoms with Crippen LogP contribution in [0.15, 0.2) is 35.1 Å². The molecule has 13 heteroatoms. The Kier molecular flexibility index (Phi) is 7.14. The van der Waals surface area contributed by atoms with Crippen LogP contribution >= 0.6 is 0 Å². The van der Waals surface area contributed by atoms with E-state index >= 15 is 0 Å². The summed E-state index contributed by atoms with van der Waals surface area (Å²) in [6, 6.07) is 2.61. The lowest BCUT2D eigenvalue weighted by atomic mass is 9.93. The number of hydrogen-bond donors (Lipinski definition) is 3. The van der Waals surface area contributed by atoms with Crippen LogP contribution in [0, 0.1) is 5.92 Å². The standard InChI is InChI=1S/C25H29F4N7O2/c26-16-3-6-35(12-16)5-2-14-7-20-22(33-9-14)21(23(31)38-20)24(37)34-18-10-32-4-1-19(18)36-11-15(25(27,28)29)8-17(30)13-36/h1,4,7,9-10,15-17H,2-3,5-6,8,11-13,30-31H2,(H,34,37). The van der Waals surface area contributed by atoms with Crippen LogP contribution in [-0.4, -0.2) is 71.9 Å². The van der Waals surface area contributed by atoms with Crippen molar-refractivity contribution in [1.82, 2.24) is 14.9 Å². The molecule has 5 rings (SSSR count). The number of pyridine rings is 2. The van der Waals surface area contributed by atoms with Crippen molar-refractivity contribution in [3.63, 3.8) is 0 Å². The lowest BCUT2D eigenvalue weighted by Crippen LogP contribution is -2.51. The number of hydrogen-bond acceptors (Lipinski definition) is 8. The lowest BCUT2D eigenvalue weighted by molar-refractivity contribution is -0.177. The minimum absolute atomic E-state index is 0.0182. The van der Waals surface area contributed by atoms with Crippen LogP contribution in [-0.2, 0) is 6.42 Å². The maximum Gasteiger partial charge on any atom is 0.393 e. The van der Waals surface area contributed by atoms with Crippen molar-refractivity contribution in [2.24, 2.45) is 11.7 Å². The van der Waals surface area contributed by atoms with Crippen molar-refractivity contribution in [1.29, 1.82) is 0 Å². The van der Waals surface area contributed by atoms with Crippen molar-refractivity contribution < 1.29 is 26.8 Å². The van der Waals surface area contributed by atoms with Gasteiger partial charge in [0.05, 0.1) is 23.5 Å². The molecule has 5 heterocycles. The van der Waals surface area contributed by atoms with E-state index in [4.69, 9.17) is 15.9 Å². The number of amides is 1. The molecule has 1 amide bonds. The third kappa shape index (κ3) is 5.53. The Labute approximate surface area is 216 Å². The molecule has 0 bridgehead atoms. The fourth-order valence-corrected chi connectivity index (χ4v) is 5.18. The second-order valence-corrected chi connectivity index (χ2v) is 9.95. The van der Waals surface area contributed by atoms with Crippen molar-refractivity contribution in [3.05, 3.63) is 41.9 Å². The molecule has 2 fully saturated rings. The van der Waals surface area contributed by atoms with Gasteiger partial charge >= 0.3 is 6.18 Å². The molecule has 3 aromatic heterocycles. The number of halogens is 4. The van der Waals surface area contributed by atoms with Gasteiger partial charge in [-0.25, -0.2) is 4.39 Å². The Bertz CT molecular complexity index is 1310. The first kappa shape index (κ1) is 26.2. The van der Waals surface area contributed by atoms with Gasteiger partial charge in [-0.3, -0.25) is 14.8 Å². The minimum Gasteiger partial charge on any atom is -0.438 e. The number of aromatic nitrogens is 2. The average Bonchev–Trinajstić information content (AvgIpc) is 3.43. The Balaban J connectivity index is 1.34. The summed E-state index contributed by atoms with van der Waals surface area (Å²) >= 11 is 0. The molecule has 0 aromatic carbocycles. The molecule has 0 aliphatic carbocycles. The van der Waals surface area contributed by atoms with E-state index in [1.54, 1.807) is 12.3 Å². The van der Waals surface area contributed by atoms with E-state index < -0.39 is 30.2 Å². The number of fused-ring (bicyclic) bond motifs is 1. The smallest absolute Gasteiger partial charge is 0.393 e. The highest BCUT2D eigenvalue weighted by Crippen LogP contribution is 2.37. The summed E-state index contributed by atoms with van der Waals surface area (Å²) in [4.78, 5) is 25.2. The van der Waals surface area contributed by atoms with Crippen LogP contribution < -0.4 is 21.7 Å². The topological polar surface area (TPSA) is 127 Å². The fraction of sp³-hybridized carbons (Fsp3) is 0.480. The van der Waals surface area contributed by atoms with Crippen molar-refractivity contribution in [2.45, 2.75) is 37.7 Å². The molecule has 3 unspecified atom stereocenters. The van der Waals surface area contributed by atoms with E-state index in [0.717, 1.165) is 5.56 Å².